The molecule has 1 aromatic carbocycles. The van der Waals surface area contributed by atoms with Gasteiger partial charge in [0.15, 0.2) is 12.4 Å². The van der Waals surface area contributed by atoms with Gasteiger partial charge in [-0.1, -0.05) is 31.4 Å². The first-order chi connectivity index (χ1) is 18.4. The monoisotopic (exact) mass is 513 g/mol. The van der Waals surface area contributed by atoms with Crippen molar-refractivity contribution in [1.29, 1.82) is 5.26 Å². The van der Waals surface area contributed by atoms with E-state index >= 15 is 0 Å². The lowest BCUT2D eigenvalue weighted by molar-refractivity contribution is -0.128. The maximum Gasteiger partial charge on any atom is 0.268 e. The number of carbonyl (C=O) groups is 2. The summed E-state index contributed by atoms with van der Waals surface area (Å²) in [7, 11) is 0. The van der Waals surface area contributed by atoms with E-state index in [-0.39, 0.29) is 46.6 Å². The summed E-state index contributed by atoms with van der Waals surface area (Å²) < 4.78 is 7.49. The predicted molar refractivity (Wildman–Crippen MR) is 142 cm³/mol. The highest BCUT2D eigenvalue weighted by atomic mass is 16.5. The van der Waals surface area contributed by atoms with Crippen molar-refractivity contribution in [3.8, 4) is 11.8 Å². The van der Waals surface area contributed by atoms with Crippen molar-refractivity contribution in [2.45, 2.75) is 82.2 Å². The van der Waals surface area contributed by atoms with Crippen LogP contribution in [0.25, 0.3) is 0 Å². The fourth-order valence-electron chi connectivity index (χ4n) is 8.11. The lowest BCUT2D eigenvalue weighted by atomic mass is 9.53. The van der Waals surface area contributed by atoms with Gasteiger partial charge in [-0.05, 0) is 87.3 Å². The van der Waals surface area contributed by atoms with Crippen LogP contribution in [0.2, 0.25) is 0 Å². The molecule has 7 nitrogen and oxygen atoms in total. The van der Waals surface area contributed by atoms with E-state index in [9.17, 15) is 19.6 Å². The van der Waals surface area contributed by atoms with E-state index in [1.165, 1.54) is 25.3 Å². The zero-order valence-electron chi connectivity index (χ0n) is 21.8. The number of amides is 1. The Morgan fingerprint density at radius 1 is 1.03 bits per heavy atom. The van der Waals surface area contributed by atoms with E-state index in [0.717, 1.165) is 69.1 Å². The SMILES string of the molecule is N#Cc1cc(C(=O)c2ccccc2OCC(=O)NC23CC4CC(CC(C4)C2)C3)cn(C2CCCCC2)c1=O. The van der Waals surface area contributed by atoms with Gasteiger partial charge in [-0.3, -0.25) is 14.4 Å². The number of para-hydroxylation sites is 1. The van der Waals surface area contributed by atoms with Crippen molar-refractivity contribution in [1.82, 2.24) is 9.88 Å². The molecule has 1 heterocycles. The lowest BCUT2D eigenvalue weighted by Crippen LogP contribution is -2.60. The first kappa shape index (κ1) is 24.9. The average Bonchev–Trinajstić information content (AvgIpc) is 2.91. The third-order valence-electron chi connectivity index (χ3n) is 9.33. The molecule has 1 N–H and O–H groups in total. The number of nitrogens with one attached hydrogen (secondary N) is 1. The van der Waals surface area contributed by atoms with Crippen molar-refractivity contribution in [2.24, 2.45) is 17.8 Å². The van der Waals surface area contributed by atoms with Crippen molar-refractivity contribution >= 4 is 11.7 Å². The number of hydrogen-bond acceptors (Lipinski definition) is 5. The van der Waals surface area contributed by atoms with Crippen LogP contribution in [0.5, 0.6) is 5.75 Å². The summed E-state index contributed by atoms with van der Waals surface area (Å²) in [6.45, 7) is -0.156. The zero-order chi connectivity index (χ0) is 26.3. The van der Waals surface area contributed by atoms with Crippen molar-refractivity contribution < 1.29 is 14.3 Å². The Balaban J connectivity index is 1.19. The first-order valence-electron chi connectivity index (χ1n) is 14.2. The van der Waals surface area contributed by atoms with Crippen LogP contribution >= 0.6 is 0 Å². The maximum absolute atomic E-state index is 13.6. The minimum absolute atomic E-state index is 0.00382. The van der Waals surface area contributed by atoms with E-state index in [2.05, 4.69) is 5.32 Å². The molecule has 2 aromatic rings. The van der Waals surface area contributed by atoms with Crippen LogP contribution in [0.4, 0.5) is 0 Å². The second kappa shape index (κ2) is 10.1. The number of carbonyl (C=O) groups excluding carboxylic acids is 2. The molecule has 5 fully saturated rings. The Labute approximate surface area is 223 Å². The second-order valence-electron chi connectivity index (χ2n) is 12.1. The van der Waals surface area contributed by atoms with Gasteiger partial charge < -0.3 is 14.6 Å². The fraction of sp³-hybridized carbons (Fsp3) is 0.548. The number of rotatable bonds is 7. The number of nitrogens with zero attached hydrogens (tertiary/aromatic N) is 2. The third kappa shape index (κ3) is 4.77. The Bertz CT molecular complexity index is 1310. The summed E-state index contributed by atoms with van der Waals surface area (Å²) in [6.07, 6.45) is 13.6. The molecule has 4 bridgehead atoms. The molecule has 1 amide bonds. The van der Waals surface area contributed by atoms with Gasteiger partial charge >= 0.3 is 0 Å². The molecule has 198 valence electrons. The molecule has 0 aliphatic heterocycles. The van der Waals surface area contributed by atoms with Gasteiger partial charge in [-0.25, -0.2) is 0 Å². The summed E-state index contributed by atoms with van der Waals surface area (Å²) in [5.74, 6) is 2.05. The number of benzene rings is 1. The van der Waals surface area contributed by atoms with Crippen molar-refractivity contribution in [2.75, 3.05) is 6.61 Å². The first-order valence-corrected chi connectivity index (χ1v) is 14.2. The number of hydrogen-bond donors (Lipinski definition) is 1. The summed E-state index contributed by atoms with van der Waals surface area (Å²) in [4.78, 5) is 39.5. The molecule has 0 saturated heterocycles. The van der Waals surface area contributed by atoms with Gasteiger partial charge in [0.25, 0.3) is 11.5 Å². The maximum atomic E-state index is 13.6. The highest BCUT2D eigenvalue weighted by molar-refractivity contribution is 6.10. The Morgan fingerprint density at radius 3 is 2.34 bits per heavy atom. The second-order valence-corrected chi connectivity index (χ2v) is 12.1. The zero-order valence-corrected chi connectivity index (χ0v) is 21.8. The van der Waals surface area contributed by atoms with Gasteiger partial charge in [0.1, 0.15) is 17.4 Å². The van der Waals surface area contributed by atoms with Crippen LogP contribution in [-0.2, 0) is 4.79 Å². The molecule has 0 unspecified atom stereocenters. The molecule has 5 aliphatic carbocycles. The smallest absolute Gasteiger partial charge is 0.268 e. The normalized spacial score (nSPS) is 28.0. The number of pyridine rings is 1. The molecule has 0 spiro atoms. The molecule has 0 atom stereocenters. The number of nitriles is 1. The van der Waals surface area contributed by atoms with Gasteiger partial charge in [0.05, 0.1) is 5.56 Å². The van der Waals surface area contributed by atoms with Gasteiger partial charge in [-0.2, -0.15) is 5.26 Å². The van der Waals surface area contributed by atoms with E-state index in [0.29, 0.717) is 11.3 Å². The van der Waals surface area contributed by atoms with Crippen molar-refractivity contribution in [3.63, 3.8) is 0 Å². The van der Waals surface area contributed by atoms with E-state index in [1.807, 2.05) is 6.07 Å². The number of ether oxygens (including phenoxy) is 1. The van der Waals surface area contributed by atoms with Crippen LogP contribution < -0.4 is 15.6 Å². The Morgan fingerprint density at radius 2 is 1.68 bits per heavy atom. The quantitative estimate of drug-likeness (QED) is 0.530. The van der Waals surface area contributed by atoms with E-state index < -0.39 is 0 Å². The summed E-state index contributed by atoms with van der Waals surface area (Å²) >= 11 is 0. The van der Waals surface area contributed by atoms with Gasteiger partial charge in [0, 0.05) is 23.3 Å². The highest BCUT2D eigenvalue weighted by Crippen LogP contribution is 2.55. The lowest BCUT2D eigenvalue weighted by Gasteiger charge is -2.56. The molecular formula is C31H35N3O4. The Hall–Kier alpha value is -3.40. The highest BCUT2D eigenvalue weighted by Gasteiger charge is 2.51. The molecule has 5 saturated carbocycles. The predicted octanol–water partition coefficient (Wildman–Crippen LogP) is 4.92. The average molecular weight is 514 g/mol. The molecular weight excluding hydrogens is 478 g/mol. The summed E-state index contributed by atoms with van der Waals surface area (Å²) in [5.41, 5.74) is 0.121. The molecule has 5 aliphatic rings. The van der Waals surface area contributed by atoms with E-state index in [1.54, 1.807) is 35.0 Å². The minimum atomic E-state index is -0.346. The van der Waals surface area contributed by atoms with Crippen LogP contribution in [0.3, 0.4) is 0 Å². The van der Waals surface area contributed by atoms with Crippen LogP contribution in [0.15, 0.2) is 41.3 Å². The largest absolute Gasteiger partial charge is 0.483 e. The van der Waals surface area contributed by atoms with E-state index in [4.69, 9.17) is 4.74 Å². The van der Waals surface area contributed by atoms with Gasteiger partial charge in [-0.15, -0.1) is 0 Å². The topological polar surface area (TPSA) is 101 Å². The van der Waals surface area contributed by atoms with Crippen molar-refractivity contribution in [3.05, 3.63) is 63.6 Å². The van der Waals surface area contributed by atoms with Crippen LogP contribution in [0.1, 0.15) is 98.2 Å². The number of aromatic nitrogens is 1. The third-order valence-corrected chi connectivity index (χ3v) is 9.33. The minimum Gasteiger partial charge on any atom is -0.483 e. The molecule has 7 rings (SSSR count). The summed E-state index contributed by atoms with van der Waals surface area (Å²) in [5, 5.41) is 12.9. The standard InChI is InChI=1S/C31H35N3O4/c32-17-23-13-24(18-34(30(23)37)25-6-2-1-3-7-25)29(36)26-8-4-5-9-27(26)38-19-28(35)33-31-14-20-10-21(15-31)12-22(11-20)16-31/h4-5,8-9,13,18,20-22,25H,1-3,6-7,10-12,14-16,19H2,(H,33,35). The molecule has 38 heavy (non-hydrogen) atoms. The van der Waals surface area contributed by atoms with Gasteiger partial charge in [0.2, 0.25) is 0 Å². The summed E-state index contributed by atoms with van der Waals surface area (Å²) in [6, 6.07) is 10.2. The molecule has 0 radical (unpaired) electrons. The molecule has 7 heteroatoms. The Kier molecular flexibility index (Phi) is 6.59. The van der Waals surface area contributed by atoms with Crippen LogP contribution in [-0.4, -0.2) is 28.4 Å². The molecule has 1 aromatic heterocycles. The fourth-order valence-corrected chi connectivity index (χ4v) is 8.11. The van der Waals surface area contributed by atoms with Crippen LogP contribution in [0, 0.1) is 29.1 Å². The number of ketones is 1.